The van der Waals surface area contributed by atoms with E-state index >= 15 is 0 Å². The third-order valence-corrected chi connectivity index (χ3v) is 8.05. The van der Waals surface area contributed by atoms with Gasteiger partial charge in [0.05, 0.1) is 15.9 Å². The van der Waals surface area contributed by atoms with Gasteiger partial charge >= 0.3 is 0 Å². The lowest BCUT2D eigenvalue weighted by atomic mass is 10.2. The zero-order valence-corrected chi connectivity index (χ0v) is 17.1. The molecule has 0 spiro atoms. The molecule has 2 aromatic rings. The first-order chi connectivity index (χ1) is 12.6. The van der Waals surface area contributed by atoms with E-state index in [2.05, 4.69) is 0 Å². The molecule has 2 atom stereocenters. The van der Waals surface area contributed by atoms with E-state index in [1.54, 1.807) is 43.3 Å². The van der Waals surface area contributed by atoms with Crippen LogP contribution in [0.3, 0.4) is 0 Å². The van der Waals surface area contributed by atoms with E-state index in [1.807, 2.05) is 13.8 Å². The molecule has 27 heavy (non-hydrogen) atoms. The minimum Gasteiger partial charge on any atom is -0.262 e. The Labute approximate surface area is 161 Å². The minimum atomic E-state index is -3.94. The summed E-state index contributed by atoms with van der Waals surface area (Å²) in [7, 11) is -7.65. The van der Waals surface area contributed by atoms with E-state index < -0.39 is 26.2 Å². The van der Waals surface area contributed by atoms with Crippen molar-refractivity contribution in [3.8, 4) is 0 Å². The van der Waals surface area contributed by atoms with Crippen LogP contribution in [0.15, 0.2) is 58.3 Å². The van der Waals surface area contributed by atoms with Crippen molar-refractivity contribution in [1.29, 1.82) is 0 Å². The zero-order chi connectivity index (χ0) is 19.8. The van der Waals surface area contributed by atoms with Gasteiger partial charge in [0, 0.05) is 12.6 Å². The van der Waals surface area contributed by atoms with Crippen molar-refractivity contribution in [3.63, 3.8) is 0 Å². The van der Waals surface area contributed by atoms with Crippen LogP contribution in [-0.4, -0.2) is 39.8 Å². The Balaban J connectivity index is 1.78. The maximum atomic E-state index is 12.9. The topological polar surface area (TPSA) is 80.8 Å². The third-order valence-electron chi connectivity index (χ3n) is 4.68. The highest BCUT2D eigenvalue weighted by molar-refractivity contribution is 7.89. The summed E-state index contributed by atoms with van der Waals surface area (Å²) in [6.45, 7) is 5.51. The van der Waals surface area contributed by atoms with Gasteiger partial charge in [0.1, 0.15) is 0 Å². The Kier molecular flexibility index (Phi) is 5.45. The monoisotopic (exact) mass is 409 g/mol. The highest BCUT2D eigenvalue weighted by atomic mass is 32.2. The van der Waals surface area contributed by atoms with E-state index in [0.29, 0.717) is 6.42 Å². The number of hydrogen-bond acceptors (Lipinski definition) is 5. The molecule has 146 valence electrons. The number of aryl methyl sites for hydroxylation is 2. The Hall–Kier alpha value is -1.74. The highest BCUT2D eigenvalue weighted by Crippen LogP contribution is 2.29. The van der Waals surface area contributed by atoms with Crippen LogP contribution in [0.4, 0.5) is 0 Å². The quantitative estimate of drug-likeness (QED) is 0.710. The normalized spacial score (nSPS) is 21.4. The van der Waals surface area contributed by atoms with Gasteiger partial charge in [0.2, 0.25) is 10.0 Å². The summed E-state index contributed by atoms with van der Waals surface area (Å²) in [5, 5.41) is 0. The maximum Gasteiger partial charge on any atom is 0.297 e. The standard InChI is InChI=1S/C19H23NO5S2/c1-14-4-8-18(9-5-14)26(21,22)20-13-17(12-16(20)3)25-27(23,24)19-10-6-15(2)7-11-19/h4-11,16-17H,12-13H2,1-3H3/t16-,17-/m1/s1. The van der Waals surface area contributed by atoms with Crippen molar-refractivity contribution >= 4 is 20.1 Å². The third kappa shape index (κ3) is 4.24. The van der Waals surface area contributed by atoms with Crippen molar-refractivity contribution in [2.45, 2.75) is 49.1 Å². The minimum absolute atomic E-state index is 0.00245. The van der Waals surface area contributed by atoms with Crippen LogP contribution in [0, 0.1) is 13.8 Å². The average Bonchev–Trinajstić information content (AvgIpc) is 2.96. The molecule has 1 heterocycles. The molecule has 6 nitrogen and oxygen atoms in total. The van der Waals surface area contributed by atoms with Crippen LogP contribution in [0.1, 0.15) is 24.5 Å². The molecule has 0 radical (unpaired) electrons. The Morgan fingerprint density at radius 3 is 1.85 bits per heavy atom. The lowest BCUT2D eigenvalue weighted by molar-refractivity contribution is 0.222. The first-order valence-corrected chi connectivity index (χ1v) is 11.5. The van der Waals surface area contributed by atoms with Crippen LogP contribution < -0.4 is 0 Å². The van der Waals surface area contributed by atoms with E-state index in [9.17, 15) is 16.8 Å². The lowest BCUT2D eigenvalue weighted by Gasteiger charge is -2.20. The number of rotatable bonds is 5. The van der Waals surface area contributed by atoms with Crippen molar-refractivity contribution in [3.05, 3.63) is 59.7 Å². The summed E-state index contributed by atoms with van der Waals surface area (Å²) in [4.78, 5) is 0.266. The summed E-state index contributed by atoms with van der Waals surface area (Å²) < 4.78 is 57.4. The molecule has 2 aromatic carbocycles. The fraction of sp³-hybridized carbons (Fsp3) is 0.368. The molecule has 0 aromatic heterocycles. The van der Waals surface area contributed by atoms with Gasteiger partial charge in [0.25, 0.3) is 10.1 Å². The van der Waals surface area contributed by atoms with Crippen LogP contribution in [0.25, 0.3) is 0 Å². The first kappa shape index (κ1) is 20.0. The van der Waals surface area contributed by atoms with Gasteiger partial charge in [-0.15, -0.1) is 0 Å². The van der Waals surface area contributed by atoms with Crippen LogP contribution >= 0.6 is 0 Å². The number of sulfonamides is 1. The summed E-state index contributed by atoms with van der Waals surface area (Å²) in [6.07, 6.45) is -0.401. The van der Waals surface area contributed by atoms with Crippen molar-refractivity contribution in [2.75, 3.05) is 6.54 Å². The van der Waals surface area contributed by atoms with E-state index in [-0.39, 0.29) is 22.4 Å². The Morgan fingerprint density at radius 1 is 0.852 bits per heavy atom. The summed E-state index contributed by atoms with van der Waals surface area (Å²) >= 11 is 0. The van der Waals surface area contributed by atoms with Crippen molar-refractivity contribution in [2.24, 2.45) is 0 Å². The molecule has 8 heteroatoms. The Morgan fingerprint density at radius 2 is 1.33 bits per heavy atom. The van der Waals surface area contributed by atoms with E-state index in [1.165, 1.54) is 16.4 Å². The molecule has 1 saturated heterocycles. The second-order valence-electron chi connectivity index (χ2n) is 6.96. The van der Waals surface area contributed by atoms with Gasteiger partial charge in [0.15, 0.2) is 0 Å². The van der Waals surface area contributed by atoms with Gasteiger partial charge in [-0.1, -0.05) is 35.4 Å². The predicted molar refractivity (Wildman–Crippen MR) is 102 cm³/mol. The first-order valence-electron chi connectivity index (χ1n) is 8.68. The molecule has 0 bridgehead atoms. The molecule has 0 amide bonds. The molecule has 0 N–H and O–H groups in total. The highest BCUT2D eigenvalue weighted by Gasteiger charge is 2.40. The van der Waals surface area contributed by atoms with Gasteiger partial charge in [-0.2, -0.15) is 12.7 Å². The smallest absolute Gasteiger partial charge is 0.262 e. The van der Waals surface area contributed by atoms with Gasteiger partial charge < -0.3 is 0 Å². The van der Waals surface area contributed by atoms with E-state index in [0.717, 1.165) is 11.1 Å². The van der Waals surface area contributed by atoms with Crippen molar-refractivity contribution < 1.29 is 21.0 Å². The molecule has 1 aliphatic rings. The fourth-order valence-electron chi connectivity index (χ4n) is 3.14. The second kappa shape index (κ2) is 7.35. The second-order valence-corrected chi connectivity index (χ2v) is 10.4. The van der Waals surface area contributed by atoms with Crippen LogP contribution in [0.2, 0.25) is 0 Å². The van der Waals surface area contributed by atoms with Gasteiger partial charge in [-0.25, -0.2) is 8.42 Å². The molecular formula is C19H23NO5S2. The summed E-state index contributed by atoms with van der Waals surface area (Å²) in [5.74, 6) is 0. The zero-order valence-electron chi connectivity index (χ0n) is 15.5. The van der Waals surface area contributed by atoms with Crippen LogP contribution in [0.5, 0.6) is 0 Å². The summed E-state index contributed by atoms with van der Waals surface area (Å²) in [5.41, 5.74) is 1.91. The molecule has 1 fully saturated rings. The summed E-state index contributed by atoms with van der Waals surface area (Å²) in [6, 6.07) is 12.6. The predicted octanol–water partition coefficient (Wildman–Crippen LogP) is 2.86. The molecule has 0 aliphatic carbocycles. The number of hydrogen-bond donors (Lipinski definition) is 0. The van der Waals surface area contributed by atoms with Crippen molar-refractivity contribution in [1.82, 2.24) is 4.31 Å². The van der Waals surface area contributed by atoms with Crippen LogP contribution in [-0.2, 0) is 24.3 Å². The van der Waals surface area contributed by atoms with Gasteiger partial charge in [-0.05, 0) is 51.5 Å². The lowest BCUT2D eigenvalue weighted by Crippen LogP contribution is -2.34. The largest absolute Gasteiger partial charge is 0.297 e. The molecular weight excluding hydrogens is 386 g/mol. The maximum absolute atomic E-state index is 12.9. The van der Waals surface area contributed by atoms with Gasteiger partial charge in [-0.3, -0.25) is 4.18 Å². The number of nitrogens with zero attached hydrogens (tertiary/aromatic N) is 1. The molecule has 0 saturated carbocycles. The Bertz CT molecular complexity index is 1010. The molecule has 1 aliphatic heterocycles. The SMILES string of the molecule is Cc1ccc(S(=O)(=O)O[C@@H]2C[C@@H](C)N(S(=O)(=O)c3ccc(C)cc3)C2)cc1. The molecule has 0 unspecified atom stereocenters. The molecule has 3 rings (SSSR count). The number of benzene rings is 2. The fourth-order valence-corrected chi connectivity index (χ4v) is 5.89. The average molecular weight is 410 g/mol. The van der Waals surface area contributed by atoms with E-state index in [4.69, 9.17) is 4.18 Å².